The van der Waals surface area contributed by atoms with Crippen LogP contribution in [0, 0.1) is 11.3 Å². The highest BCUT2D eigenvalue weighted by atomic mass is 32.1. The summed E-state index contributed by atoms with van der Waals surface area (Å²) in [5, 5.41) is 14.6. The van der Waals surface area contributed by atoms with Gasteiger partial charge in [-0.15, -0.1) is 22.7 Å². The highest BCUT2D eigenvalue weighted by Crippen LogP contribution is 2.30. The van der Waals surface area contributed by atoms with Crippen LogP contribution in [0.4, 0.5) is 0 Å². The Balaban J connectivity index is 2.38. The van der Waals surface area contributed by atoms with Gasteiger partial charge in [-0.25, -0.2) is 9.97 Å². The molecular formula is C10H9N3S2. The van der Waals surface area contributed by atoms with Gasteiger partial charge in [-0.05, 0) is 13.8 Å². The third-order valence-electron chi connectivity index (χ3n) is 1.97. The van der Waals surface area contributed by atoms with Gasteiger partial charge in [0, 0.05) is 17.0 Å². The number of nitrogens with zero attached hydrogens (tertiary/aromatic N) is 3. The maximum atomic E-state index is 8.99. The summed E-state index contributed by atoms with van der Waals surface area (Å²) in [6.45, 7) is 3.74. The highest BCUT2D eigenvalue weighted by Gasteiger charge is 2.24. The molecule has 2 aromatic rings. The van der Waals surface area contributed by atoms with Crippen molar-refractivity contribution in [2.45, 2.75) is 19.3 Å². The molecule has 0 atom stereocenters. The second kappa shape index (κ2) is 3.72. The topological polar surface area (TPSA) is 49.6 Å². The molecule has 0 spiro atoms. The lowest BCUT2D eigenvalue weighted by Gasteiger charge is -2.09. The van der Waals surface area contributed by atoms with E-state index in [2.05, 4.69) is 16.0 Å². The lowest BCUT2D eigenvalue weighted by atomic mass is 9.97. The number of hydrogen-bond donors (Lipinski definition) is 0. The van der Waals surface area contributed by atoms with Crippen LogP contribution in [0.25, 0.3) is 10.7 Å². The van der Waals surface area contributed by atoms with Crippen LogP contribution in [0.3, 0.4) is 0 Å². The molecule has 0 bridgehead atoms. The van der Waals surface area contributed by atoms with Gasteiger partial charge in [0.25, 0.3) is 0 Å². The zero-order chi connectivity index (χ0) is 10.9. The predicted molar refractivity (Wildman–Crippen MR) is 61.9 cm³/mol. The van der Waals surface area contributed by atoms with Gasteiger partial charge < -0.3 is 0 Å². The highest BCUT2D eigenvalue weighted by molar-refractivity contribution is 7.14. The first kappa shape index (κ1) is 10.3. The average Bonchev–Trinajstić information content (AvgIpc) is 2.88. The molecule has 0 fully saturated rings. The number of nitriles is 1. The Morgan fingerprint density at radius 3 is 2.80 bits per heavy atom. The third-order valence-corrected chi connectivity index (χ3v) is 3.93. The van der Waals surface area contributed by atoms with E-state index in [0.717, 1.165) is 15.7 Å². The molecule has 0 N–H and O–H groups in total. The molecule has 0 radical (unpaired) electrons. The Kier molecular flexibility index (Phi) is 2.55. The molecule has 0 saturated carbocycles. The smallest absolute Gasteiger partial charge is 0.142 e. The molecule has 0 aliphatic carbocycles. The molecular weight excluding hydrogens is 226 g/mol. The summed E-state index contributed by atoms with van der Waals surface area (Å²) in [7, 11) is 0. The minimum absolute atomic E-state index is 0.514. The number of hydrogen-bond acceptors (Lipinski definition) is 5. The fourth-order valence-electron chi connectivity index (χ4n) is 1.06. The normalized spacial score (nSPS) is 11.3. The number of thiazole rings is 2. The van der Waals surface area contributed by atoms with Gasteiger partial charge in [0.05, 0.1) is 6.07 Å². The van der Waals surface area contributed by atoms with Crippen LogP contribution in [-0.2, 0) is 5.41 Å². The van der Waals surface area contributed by atoms with E-state index >= 15 is 0 Å². The van der Waals surface area contributed by atoms with E-state index in [1.54, 1.807) is 17.5 Å². The molecule has 0 unspecified atom stereocenters. The lowest BCUT2D eigenvalue weighted by molar-refractivity contribution is 0.680. The number of aromatic nitrogens is 2. The summed E-state index contributed by atoms with van der Waals surface area (Å²) in [6, 6.07) is 2.25. The van der Waals surface area contributed by atoms with Gasteiger partial charge >= 0.3 is 0 Å². The van der Waals surface area contributed by atoms with E-state index in [1.807, 2.05) is 24.6 Å². The Labute approximate surface area is 96.1 Å². The summed E-state index contributed by atoms with van der Waals surface area (Å²) in [6.07, 6.45) is 1.76. The quantitative estimate of drug-likeness (QED) is 0.803. The molecule has 0 aliphatic rings. The molecule has 76 valence electrons. The van der Waals surface area contributed by atoms with E-state index in [4.69, 9.17) is 5.26 Å². The molecule has 2 rings (SSSR count). The van der Waals surface area contributed by atoms with Crippen molar-refractivity contribution < 1.29 is 0 Å². The average molecular weight is 235 g/mol. The van der Waals surface area contributed by atoms with Gasteiger partial charge in [-0.3, -0.25) is 0 Å². The lowest BCUT2D eigenvalue weighted by Crippen LogP contribution is -2.13. The summed E-state index contributed by atoms with van der Waals surface area (Å²) >= 11 is 3.07. The zero-order valence-electron chi connectivity index (χ0n) is 8.39. The largest absolute Gasteiger partial charge is 0.243 e. The van der Waals surface area contributed by atoms with Crippen LogP contribution in [0.1, 0.15) is 18.9 Å². The second-order valence-corrected chi connectivity index (χ2v) is 5.36. The van der Waals surface area contributed by atoms with Crippen LogP contribution >= 0.6 is 22.7 Å². The van der Waals surface area contributed by atoms with Crippen molar-refractivity contribution in [3.8, 4) is 16.8 Å². The van der Waals surface area contributed by atoms with Gasteiger partial charge in [0.2, 0.25) is 0 Å². The minimum Gasteiger partial charge on any atom is -0.243 e. The van der Waals surface area contributed by atoms with Crippen LogP contribution < -0.4 is 0 Å². The molecule has 2 heterocycles. The van der Waals surface area contributed by atoms with Crippen molar-refractivity contribution in [3.05, 3.63) is 22.0 Å². The Morgan fingerprint density at radius 1 is 1.40 bits per heavy atom. The van der Waals surface area contributed by atoms with Crippen LogP contribution in [0.15, 0.2) is 17.0 Å². The standard InChI is InChI=1S/C10H9N3S2/c1-10(2,6-11)9-13-7(5-15-9)8-12-3-4-14-8/h3-5H,1-2H3. The van der Waals surface area contributed by atoms with Crippen molar-refractivity contribution in [3.63, 3.8) is 0 Å². The first-order chi connectivity index (χ1) is 7.13. The maximum absolute atomic E-state index is 8.99. The molecule has 3 nitrogen and oxygen atoms in total. The molecule has 0 aromatic carbocycles. The van der Waals surface area contributed by atoms with E-state index in [-0.39, 0.29) is 0 Å². The summed E-state index contributed by atoms with van der Waals surface area (Å²) in [5.41, 5.74) is 0.355. The first-order valence-corrected chi connectivity index (χ1v) is 6.16. The van der Waals surface area contributed by atoms with E-state index < -0.39 is 5.41 Å². The maximum Gasteiger partial charge on any atom is 0.142 e. The minimum atomic E-state index is -0.514. The monoisotopic (exact) mass is 235 g/mol. The Hall–Kier alpha value is -1.25. The first-order valence-electron chi connectivity index (χ1n) is 4.40. The third kappa shape index (κ3) is 1.91. The van der Waals surface area contributed by atoms with Crippen LogP contribution in [0.5, 0.6) is 0 Å². The summed E-state index contributed by atoms with van der Waals surface area (Å²) < 4.78 is 0. The molecule has 0 amide bonds. The zero-order valence-corrected chi connectivity index (χ0v) is 10.0. The molecule has 2 aromatic heterocycles. The van der Waals surface area contributed by atoms with Gasteiger partial charge in [-0.1, -0.05) is 0 Å². The summed E-state index contributed by atoms with van der Waals surface area (Å²) in [5.74, 6) is 0. The SMILES string of the molecule is CC(C)(C#N)c1nc(-c2nccs2)cs1. The molecule has 0 aliphatic heterocycles. The van der Waals surface area contributed by atoms with Gasteiger partial charge in [0.1, 0.15) is 21.1 Å². The Bertz CT molecular complexity index is 491. The van der Waals surface area contributed by atoms with Crippen molar-refractivity contribution in [1.29, 1.82) is 5.26 Å². The van der Waals surface area contributed by atoms with Gasteiger partial charge in [-0.2, -0.15) is 5.26 Å². The molecule has 15 heavy (non-hydrogen) atoms. The fraction of sp³-hybridized carbons (Fsp3) is 0.300. The number of rotatable bonds is 2. The van der Waals surface area contributed by atoms with Gasteiger partial charge in [0.15, 0.2) is 0 Å². The van der Waals surface area contributed by atoms with E-state index in [1.165, 1.54) is 11.3 Å². The van der Waals surface area contributed by atoms with Crippen LogP contribution in [-0.4, -0.2) is 9.97 Å². The fourth-order valence-corrected chi connectivity index (χ4v) is 2.61. The van der Waals surface area contributed by atoms with Crippen molar-refractivity contribution in [2.75, 3.05) is 0 Å². The van der Waals surface area contributed by atoms with E-state index in [9.17, 15) is 0 Å². The predicted octanol–water partition coefficient (Wildman–Crippen LogP) is 3.07. The Morgan fingerprint density at radius 2 is 2.20 bits per heavy atom. The molecule has 0 saturated heterocycles. The van der Waals surface area contributed by atoms with Crippen molar-refractivity contribution in [1.82, 2.24) is 9.97 Å². The molecule has 5 heteroatoms. The van der Waals surface area contributed by atoms with Crippen LogP contribution in [0.2, 0.25) is 0 Å². The summed E-state index contributed by atoms with van der Waals surface area (Å²) in [4.78, 5) is 8.63. The van der Waals surface area contributed by atoms with Crippen molar-refractivity contribution >= 4 is 22.7 Å². The van der Waals surface area contributed by atoms with E-state index in [0.29, 0.717) is 0 Å². The second-order valence-electron chi connectivity index (χ2n) is 3.61. The van der Waals surface area contributed by atoms with Crippen molar-refractivity contribution in [2.24, 2.45) is 0 Å².